The van der Waals surface area contributed by atoms with Crippen LogP contribution in [-0.2, 0) is 9.84 Å². The Balaban J connectivity index is 1.73. The molecule has 12 heteroatoms. The monoisotopic (exact) mass is 499 g/mol. The molecule has 1 saturated carbocycles. The van der Waals surface area contributed by atoms with E-state index in [1.165, 1.54) is 6.07 Å². The zero-order valence-electron chi connectivity index (χ0n) is 19.0. The van der Waals surface area contributed by atoms with Crippen molar-refractivity contribution in [3.05, 3.63) is 23.6 Å². The van der Waals surface area contributed by atoms with Gasteiger partial charge >= 0.3 is 6.18 Å². The van der Waals surface area contributed by atoms with Crippen molar-refractivity contribution in [3.8, 4) is 11.1 Å². The predicted octanol–water partition coefficient (Wildman–Crippen LogP) is 4.49. The number of fused-ring (bicyclic) bond motifs is 1. The van der Waals surface area contributed by atoms with Gasteiger partial charge in [-0.05, 0) is 56.7 Å². The molecular weight excluding hydrogens is 471 g/mol. The van der Waals surface area contributed by atoms with Gasteiger partial charge in [-0.2, -0.15) is 13.2 Å². The minimum atomic E-state index is -4.45. The Morgan fingerprint density at radius 1 is 1.26 bits per heavy atom. The van der Waals surface area contributed by atoms with Crippen molar-refractivity contribution in [1.29, 1.82) is 0 Å². The van der Waals surface area contributed by atoms with Crippen LogP contribution in [0.15, 0.2) is 21.6 Å². The SMILES string of the molecule is Cc1noc(C)c1-c1cc(S(=O)(=O)CCC(N)C2CCCC2)c2nc(NCC(F)(F)F)[nH]c2c1. The number of imidazole rings is 1. The number of sulfone groups is 1. The van der Waals surface area contributed by atoms with Gasteiger partial charge in [-0.15, -0.1) is 0 Å². The third-order valence-electron chi connectivity index (χ3n) is 6.39. The standard InChI is InChI=1S/C22H28F3N5O3S/c1-12-19(13(2)33-30-12)15-9-17-20(29-21(28-17)27-11-22(23,24)25)18(10-15)34(31,32)8-7-16(26)14-5-3-4-6-14/h9-10,14,16H,3-8,11,26H2,1-2H3,(H2,27,28,29). The number of rotatable bonds is 8. The largest absolute Gasteiger partial charge is 0.405 e. The molecule has 0 spiro atoms. The summed E-state index contributed by atoms with van der Waals surface area (Å²) in [6, 6.07) is 2.90. The number of nitrogens with two attached hydrogens (primary N) is 1. The van der Waals surface area contributed by atoms with E-state index in [0.717, 1.165) is 25.7 Å². The number of benzene rings is 1. The highest BCUT2D eigenvalue weighted by atomic mass is 32.2. The van der Waals surface area contributed by atoms with Crippen LogP contribution in [0.25, 0.3) is 22.2 Å². The lowest BCUT2D eigenvalue weighted by atomic mass is 9.97. The van der Waals surface area contributed by atoms with E-state index in [2.05, 4.69) is 20.4 Å². The van der Waals surface area contributed by atoms with Crippen LogP contribution < -0.4 is 11.1 Å². The molecule has 2 aromatic heterocycles. The molecule has 4 N–H and O–H groups in total. The summed E-state index contributed by atoms with van der Waals surface area (Å²) in [7, 11) is -3.84. The summed E-state index contributed by atoms with van der Waals surface area (Å²) in [6.45, 7) is 2.13. The molecule has 8 nitrogen and oxygen atoms in total. The quantitative estimate of drug-likeness (QED) is 0.417. The van der Waals surface area contributed by atoms with Gasteiger partial charge in [-0.1, -0.05) is 18.0 Å². The molecule has 3 aromatic rings. The molecule has 1 aromatic carbocycles. The second-order valence-corrected chi connectivity index (χ2v) is 11.0. The first-order chi connectivity index (χ1) is 15.9. The number of H-pyrrole nitrogens is 1. The molecule has 1 aliphatic carbocycles. The molecule has 1 aliphatic rings. The normalized spacial score (nSPS) is 16.4. The summed E-state index contributed by atoms with van der Waals surface area (Å²) in [5.74, 6) is 0.469. The fraction of sp³-hybridized carbons (Fsp3) is 0.545. The lowest BCUT2D eigenvalue weighted by Gasteiger charge is -2.18. The van der Waals surface area contributed by atoms with E-state index in [1.807, 2.05) is 0 Å². The fourth-order valence-electron chi connectivity index (χ4n) is 4.65. The number of hydrogen-bond acceptors (Lipinski definition) is 7. The van der Waals surface area contributed by atoms with Crippen molar-refractivity contribution in [3.63, 3.8) is 0 Å². The van der Waals surface area contributed by atoms with Crippen LogP contribution in [0.2, 0.25) is 0 Å². The topological polar surface area (TPSA) is 127 Å². The van der Waals surface area contributed by atoms with Gasteiger partial charge in [0, 0.05) is 11.6 Å². The fourth-order valence-corrected chi connectivity index (χ4v) is 6.21. The Hall–Kier alpha value is -2.60. The molecule has 0 radical (unpaired) electrons. The Kier molecular flexibility index (Phi) is 6.65. The van der Waals surface area contributed by atoms with Crippen molar-refractivity contribution >= 4 is 26.8 Å². The number of aryl methyl sites for hydroxylation is 2. The van der Waals surface area contributed by atoms with Crippen LogP contribution in [0.5, 0.6) is 0 Å². The van der Waals surface area contributed by atoms with Gasteiger partial charge in [-0.25, -0.2) is 13.4 Å². The molecule has 1 unspecified atom stereocenters. The van der Waals surface area contributed by atoms with E-state index in [4.69, 9.17) is 10.3 Å². The summed E-state index contributed by atoms with van der Waals surface area (Å²) in [4.78, 5) is 6.85. The summed E-state index contributed by atoms with van der Waals surface area (Å²) in [5.41, 5.74) is 8.37. The maximum atomic E-state index is 13.4. The highest BCUT2D eigenvalue weighted by Gasteiger charge is 2.29. The van der Waals surface area contributed by atoms with E-state index in [9.17, 15) is 21.6 Å². The number of alkyl halides is 3. The number of aromatic nitrogens is 3. The lowest BCUT2D eigenvalue weighted by molar-refractivity contribution is -0.115. The molecule has 1 atom stereocenters. The number of aromatic amines is 1. The van der Waals surface area contributed by atoms with Crippen LogP contribution >= 0.6 is 0 Å². The smallest absolute Gasteiger partial charge is 0.361 e. The highest BCUT2D eigenvalue weighted by Crippen LogP contribution is 2.35. The van der Waals surface area contributed by atoms with Gasteiger partial charge in [0.05, 0.1) is 21.9 Å². The van der Waals surface area contributed by atoms with E-state index in [0.29, 0.717) is 40.4 Å². The van der Waals surface area contributed by atoms with Crippen LogP contribution in [0.3, 0.4) is 0 Å². The second-order valence-electron chi connectivity index (χ2n) is 8.94. The van der Waals surface area contributed by atoms with Gasteiger partial charge < -0.3 is 20.6 Å². The maximum absolute atomic E-state index is 13.4. The Bertz CT molecular complexity index is 1260. The molecule has 0 bridgehead atoms. The van der Waals surface area contributed by atoms with E-state index in [-0.39, 0.29) is 28.2 Å². The zero-order chi connectivity index (χ0) is 24.7. The van der Waals surface area contributed by atoms with Gasteiger partial charge in [0.2, 0.25) is 5.95 Å². The third-order valence-corrected chi connectivity index (χ3v) is 8.14. The number of halogens is 3. The average molecular weight is 500 g/mol. The average Bonchev–Trinajstić information content (AvgIpc) is 3.49. The van der Waals surface area contributed by atoms with Crippen molar-refractivity contribution in [2.75, 3.05) is 17.6 Å². The van der Waals surface area contributed by atoms with Gasteiger partial charge in [0.15, 0.2) is 9.84 Å². The Morgan fingerprint density at radius 2 is 1.97 bits per heavy atom. The van der Waals surface area contributed by atoms with Gasteiger partial charge in [0.1, 0.15) is 17.8 Å². The molecular formula is C22H28F3N5O3S. The number of hydrogen-bond donors (Lipinski definition) is 3. The minimum Gasteiger partial charge on any atom is -0.361 e. The van der Waals surface area contributed by atoms with Crippen molar-refractivity contribution in [2.45, 2.75) is 63.1 Å². The zero-order valence-corrected chi connectivity index (χ0v) is 19.8. The molecule has 4 rings (SSSR count). The van der Waals surface area contributed by atoms with Crippen molar-refractivity contribution in [1.82, 2.24) is 15.1 Å². The number of nitrogens with zero attached hydrogens (tertiary/aromatic N) is 2. The molecule has 2 heterocycles. The number of anilines is 1. The van der Waals surface area contributed by atoms with E-state index < -0.39 is 22.6 Å². The summed E-state index contributed by atoms with van der Waals surface area (Å²) >= 11 is 0. The van der Waals surface area contributed by atoms with E-state index >= 15 is 0 Å². The lowest BCUT2D eigenvalue weighted by Crippen LogP contribution is -2.30. The van der Waals surface area contributed by atoms with Crippen LogP contribution in [0.1, 0.15) is 43.6 Å². The second kappa shape index (κ2) is 9.21. The van der Waals surface area contributed by atoms with E-state index in [1.54, 1.807) is 19.9 Å². The first-order valence-electron chi connectivity index (χ1n) is 11.2. The number of nitrogens with one attached hydrogen (secondary N) is 2. The summed E-state index contributed by atoms with van der Waals surface area (Å²) in [6.07, 6.45) is 0.0549. The first-order valence-corrected chi connectivity index (χ1v) is 12.9. The molecule has 1 fully saturated rings. The van der Waals surface area contributed by atoms with Crippen LogP contribution in [0, 0.1) is 19.8 Å². The Labute approximate surface area is 195 Å². The maximum Gasteiger partial charge on any atom is 0.405 e. The minimum absolute atomic E-state index is 0.0602. The van der Waals surface area contributed by atoms with Gasteiger partial charge in [-0.3, -0.25) is 0 Å². The van der Waals surface area contributed by atoms with Crippen LogP contribution in [0.4, 0.5) is 19.1 Å². The molecule has 34 heavy (non-hydrogen) atoms. The summed E-state index contributed by atoms with van der Waals surface area (Å²) in [5, 5.41) is 6.11. The molecule has 0 saturated heterocycles. The molecule has 186 valence electrons. The van der Waals surface area contributed by atoms with Crippen molar-refractivity contribution in [2.24, 2.45) is 11.7 Å². The molecule has 0 amide bonds. The van der Waals surface area contributed by atoms with Crippen LogP contribution in [-0.4, -0.2) is 48.1 Å². The van der Waals surface area contributed by atoms with Gasteiger partial charge in [0.25, 0.3) is 0 Å². The summed E-state index contributed by atoms with van der Waals surface area (Å²) < 4.78 is 70.1. The Morgan fingerprint density at radius 3 is 2.59 bits per heavy atom. The molecule has 0 aliphatic heterocycles. The first kappa shape index (κ1) is 24.5. The third kappa shape index (κ3) is 5.22. The van der Waals surface area contributed by atoms with Crippen molar-refractivity contribution < 1.29 is 26.1 Å². The predicted molar refractivity (Wildman–Crippen MR) is 122 cm³/mol. The highest BCUT2D eigenvalue weighted by molar-refractivity contribution is 7.91.